The molecule has 0 amide bonds. The van der Waals surface area contributed by atoms with Crippen LogP contribution in [0.5, 0.6) is 0 Å². The van der Waals surface area contributed by atoms with E-state index in [1.54, 1.807) is 0 Å². The maximum atomic E-state index is 3.77. The van der Waals surface area contributed by atoms with Gasteiger partial charge in [0.2, 0.25) is 0 Å². The van der Waals surface area contributed by atoms with Crippen molar-refractivity contribution in [1.82, 2.24) is 10.2 Å². The van der Waals surface area contributed by atoms with E-state index in [2.05, 4.69) is 51.8 Å². The van der Waals surface area contributed by atoms with E-state index in [0.717, 1.165) is 24.4 Å². The van der Waals surface area contributed by atoms with Crippen LogP contribution in [-0.2, 0) is 0 Å². The Bertz CT molecular complexity index is 215. The lowest BCUT2D eigenvalue weighted by Crippen LogP contribution is -2.61. The van der Waals surface area contributed by atoms with Crippen molar-refractivity contribution < 1.29 is 0 Å². The van der Waals surface area contributed by atoms with E-state index < -0.39 is 0 Å². The molecule has 1 N–H and O–H groups in total. The van der Waals surface area contributed by atoms with E-state index in [1.807, 2.05) is 0 Å². The Kier molecular flexibility index (Phi) is 5.94. The first-order valence-corrected chi connectivity index (χ1v) is 7.50. The minimum absolute atomic E-state index is 0.684. The SMILES string of the molecule is CCC(C)C1CN(C(C)CC)C(C(C)C)CN1. The van der Waals surface area contributed by atoms with Gasteiger partial charge in [0.05, 0.1) is 0 Å². The molecule has 0 aromatic rings. The fourth-order valence-electron chi connectivity index (χ4n) is 2.84. The van der Waals surface area contributed by atoms with Gasteiger partial charge >= 0.3 is 0 Å². The van der Waals surface area contributed by atoms with E-state index in [-0.39, 0.29) is 0 Å². The molecule has 0 bridgehead atoms. The highest BCUT2D eigenvalue weighted by Gasteiger charge is 2.33. The Labute approximate surface area is 108 Å². The van der Waals surface area contributed by atoms with Crippen LogP contribution in [0.15, 0.2) is 0 Å². The molecule has 0 spiro atoms. The van der Waals surface area contributed by atoms with Gasteiger partial charge in [-0.05, 0) is 25.2 Å². The molecule has 0 aromatic carbocycles. The van der Waals surface area contributed by atoms with Crippen LogP contribution >= 0.6 is 0 Å². The van der Waals surface area contributed by atoms with Crippen LogP contribution in [0.3, 0.4) is 0 Å². The Morgan fingerprint density at radius 2 is 1.76 bits per heavy atom. The monoisotopic (exact) mass is 240 g/mol. The summed E-state index contributed by atoms with van der Waals surface area (Å²) in [5.41, 5.74) is 0. The van der Waals surface area contributed by atoms with Crippen molar-refractivity contribution >= 4 is 0 Å². The van der Waals surface area contributed by atoms with Crippen molar-refractivity contribution in [3.8, 4) is 0 Å². The molecule has 1 fully saturated rings. The quantitative estimate of drug-likeness (QED) is 0.794. The van der Waals surface area contributed by atoms with E-state index >= 15 is 0 Å². The summed E-state index contributed by atoms with van der Waals surface area (Å²) in [5.74, 6) is 1.53. The molecule has 0 saturated carbocycles. The van der Waals surface area contributed by atoms with Crippen LogP contribution in [0.2, 0.25) is 0 Å². The Morgan fingerprint density at radius 3 is 2.24 bits per heavy atom. The summed E-state index contributed by atoms with van der Waals surface area (Å²) in [6.45, 7) is 16.5. The predicted molar refractivity (Wildman–Crippen MR) is 76.3 cm³/mol. The van der Waals surface area contributed by atoms with Gasteiger partial charge in [-0.1, -0.05) is 41.0 Å². The average Bonchev–Trinajstić information content (AvgIpc) is 2.35. The number of nitrogens with one attached hydrogen (secondary N) is 1. The number of nitrogens with zero attached hydrogens (tertiary/aromatic N) is 1. The van der Waals surface area contributed by atoms with Crippen LogP contribution < -0.4 is 5.32 Å². The predicted octanol–water partition coefficient (Wildman–Crippen LogP) is 3.13. The van der Waals surface area contributed by atoms with Gasteiger partial charge in [0, 0.05) is 31.2 Å². The molecule has 0 aromatic heterocycles. The first-order valence-electron chi connectivity index (χ1n) is 7.50. The first kappa shape index (κ1) is 15.0. The lowest BCUT2D eigenvalue weighted by molar-refractivity contribution is 0.0479. The van der Waals surface area contributed by atoms with Crippen LogP contribution in [0, 0.1) is 11.8 Å². The lowest BCUT2D eigenvalue weighted by Gasteiger charge is -2.46. The van der Waals surface area contributed by atoms with Crippen molar-refractivity contribution in [2.24, 2.45) is 11.8 Å². The zero-order valence-electron chi connectivity index (χ0n) is 12.7. The molecular formula is C15H32N2. The molecule has 4 atom stereocenters. The highest BCUT2D eigenvalue weighted by atomic mass is 15.3. The minimum atomic E-state index is 0.684. The molecule has 2 nitrogen and oxygen atoms in total. The third-order valence-electron chi connectivity index (χ3n) is 4.68. The zero-order valence-corrected chi connectivity index (χ0v) is 12.7. The summed E-state index contributed by atoms with van der Waals surface area (Å²) >= 11 is 0. The van der Waals surface area contributed by atoms with E-state index in [4.69, 9.17) is 0 Å². The normalized spacial score (nSPS) is 30.5. The summed E-state index contributed by atoms with van der Waals surface area (Å²) in [5, 5.41) is 3.77. The summed E-state index contributed by atoms with van der Waals surface area (Å²) in [6.07, 6.45) is 2.54. The topological polar surface area (TPSA) is 15.3 Å². The summed E-state index contributed by atoms with van der Waals surface area (Å²) < 4.78 is 0. The maximum Gasteiger partial charge on any atom is 0.0247 e. The third-order valence-corrected chi connectivity index (χ3v) is 4.68. The molecular weight excluding hydrogens is 208 g/mol. The van der Waals surface area contributed by atoms with Crippen LogP contribution in [-0.4, -0.2) is 36.1 Å². The fraction of sp³-hybridized carbons (Fsp3) is 1.00. The summed E-state index contributed by atoms with van der Waals surface area (Å²) in [7, 11) is 0. The van der Waals surface area contributed by atoms with Crippen molar-refractivity contribution in [3.63, 3.8) is 0 Å². The molecule has 1 saturated heterocycles. The van der Waals surface area contributed by atoms with Crippen molar-refractivity contribution in [1.29, 1.82) is 0 Å². The highest BCUT2D eigenvalue weighted by Crippen LogP contribution is 2.22. The lowest BCUT2D eigenvalue weighted by atomic mass is 9.91. The van der Waals surface area contributed by atoms with Crippen molar-refractivity contribution in [2.45, 2.75) is 72.5 Å². The molecule has 0 aliphatic carbocycles. The molecule has 102 valence electrons. The van der Waals surface area contributed by atoms with Crippen molar-refractivity contribution in [3.05, 3.63) is 0 Å². The van der Waals surface area contributed by atoms with Gasteiger partial charge in [-0.3, -0.25) is 4.90 Å². The Balaban J connectivity index is 2.69. The second-order valence-electron chi connectivity index (χ2n) is 6.17. The first-order chi connectivity index (χ1) is 8.01. The maximum absolute atomic E-state index is 3.77. The summed E-state index contributed by atoms with van der Waals surface area (Å²) in [6, 6.07) is 2.12. The minimum Gasteiger partial charge on any atom is -0.311 e. The van der Waals surface area contributed by atoms with Crippen molar-refractivity contribution in [2.75, 3.05) is 13.1 Å². The van der Waals surface area contributed by atoms with E-state index in [9.17, 15) is 0 Å². The molecule has 1 aliphatic rings. The third kappa shape index (κ3) is 3.69. The van der Waals surface area contributed by atoms with Gasteiger partial charge in [-0.15, -0.1) is 0 Å². The second-order valence-corrected chi connectivity index (χ2v) is 6.17. The molecule has 1 rings (SSSR count). The van der Waals surface area contributed by atoms with Gasteiger partial charge in [0.25, 0.3) is 0 Å². The summed E-state index contributed by atoms with van der Waals surface area (Å²) in [4.78, 5) is 2.75. The van der Waals surface area contributed by atoms with Gasteiger partial charge in [-0.2, -0.15) is 0 Å². The molecule has 4 unspecified atom stereocenters. The smallest absolute Gasteiger partial charge is 0.0247 e. The second kappa shape index (κ2) is 6.75. The standard InChI is InChI=1S/C15H32N2/c1-7-12(5)14-10-17(13(6)8-2)15(9-16-14)11(3)4/h11-16H,7-10H2,1-6H3. The van der Waals surface area contributed by atoms with Crippen LogP contribution in [0.4, 0.5) is 0 Å². The molecule has 17 heavy (non-hydrogen) atoms. The highest BCUT2D eigenvalue weighted by molar-refractivity contribution is 4.91. The van der Waals surface area contributed by atoms with Gasteiger partial charge in [-0.25, -0.2) is 0 Å². The van der Waals surface area contributed by atoms with Crippen LogP contribution in [0.25, 0.3) is 0 Å². The fourth-order valence-corrected chi connectivity index (χ4v) is 2.84. The molecule has 2 heteroatoms. The molecule has 0 radical (unpaired) electrons. The number of hydrogen-bond acceptors (Lipinski definition) is 2. The van der Waals surface area contributed by atoms with E-state index in [1.165, 1.54) is 19.4 Å². The van der Waals surface area contributed by atoms with Crippen LogP contribution in [0.1, 0.15) is 54.4 Å². The van der Waals surface area contributed by atoms with Gasteiger partial charge in [0.1, 0.15) is 0 Å². The molecule has 1 aliphatic heterocycles. The van der Waals surface area contributed by atoms with E-state index in [0.29, 0.717) is 12.1 Å². The Hall–Kier alpha value is -0.0800. The Morgan fingerprint density at radius 1 is 1.12 bits per heavy atom. The van der Waals surface area contributed by atoms with Gasteiger partial charge < -0.3 is 5.32 Å². The number of rotatable bonds is 5. The average molecular weight is 240 g/mol. The number of piperazine rings is 1. The number of hydrogen-bond donors (Lipinski definition) is 1. The molecule has 1 heterocycles. The largest absolute Gasteiger partial charge is 0.311 e. The van der Waals surface area contributed by atoms with Gasteiger partial charge in [0.15, 0.2) is 0 Å². The zero-order chi connectivity index (χ0) is 13.0.